The standard InChI is InChI=1S/C23H20N4O3S2/c1-30-17-4-2-3-14(11-17)21-12-19-20(31-21)10-5-15-13-25-23(27-22(15)19)26-16-6-8-18(9-7-16)32(24,28)29/h2-4,6-9,11-13H,5,10H2,1H3,(H2,24,28,29)(H,25,26,27). The highest BCUT2D eigenvalue weighted by Crippen LogP contribution is 2.42. The Hall–Kier alpha value is -3.27. The number of hydrogen-bond acceptors (Lipinski definition) is 7. The molecular weight excluding hydrogens is 444 g/mol. The Morgan fingerprint density at radius 1 is 1.09 bits per heavy atom. The molecule has 9 heteroatoms. The number of rotatable bonds is 5. The van der Waals surface area contributed by atoms with Gasteiger partial charge in [-0.05, 0) is 66.4 Å². The van der Waals surface area contributed by atoms with Gasteiger partial charge in [-0.3, -0.25) is 0 Å². The predicted molar refractivity (Wildman–Crippen MR) is 126 cm³/mol. The van der Waals surface area contributed by atoms with Crippen molar-refractivity contribution in [2.75, 3.05) is 12.4 Å². The van der Waals surface area contributed by atoms with Gasteiger partial charge >= 0.3 is 0 Å². The third kappa shape index (κ3) is 3.97. The normalized spacial score (nSPS) is 12.7. The predicted octanol–water partition coefficient (Wildman–Crippen LogP) is 4.37. The zero-order valence-corrected chi connectivity index (χ0v) is 18.8. The molecule has 162 valence electrons. The van der Waals surface area contributed by atoms with Crippen molar-refractivity contribution in [2.45, 2.75) is 17.7 Å². The topological polar surface area (TPSA) is 107 Å². The van der Waals surface area contributed by atoms with Crippen LogP contribution in [-0.2, 0) is 22.9 Å². The third-order valence-electron chi connectivity index (χ3n) is 5.34. The fourth-order valence-corrected chi connectivity index (χ4v) is 5.39. The molecule has 2 heterocycles. The van der Waals surface area contributed by atoms with Crippen molar-refractivity contribution in [2.24, 2.45) is 5.14 Å². The van der Waals surface area contributed by atoms with Gasteiger partial charge in [-0.1, -0.05) is 12.1 Å². The van der Waals surface area contributed by atoms with Crippen molar-refractivity contribution in [3.05, 3.63) is 71.2 Å². The number of fused-ring (bicyclic) bond motifs is 3. The second-order valence-corrected chi connectivity index (χ2v) is 10.1. The summed E-state index contributed by atoms with van der Waals surface area (Å²) >= 11 is 1.78. The number of anilines is 2. The SMILES string of the molecule is COc1cccc(-c2cc3c(s2)CCc2cnc(Nc4ccc(S(N)(=O)=O)cc4)nc2-3)c1. The van der Waals surface area contributed by atoms with Crippen LogP contribution in [0.25, 0.3) is 21.7 Å². The molecule has 2 aromatic heterocycles. The van der Waals surface area contributed by atoms with E-state index in [2.05, 4.69) is 22.4 Å². The molecule has 0 saturated carbocycles. The molecule has 32 heavy (non-hydrogen) atoms. The number of nitrogens with one attached hydrogen (secondary N) is 1. The van der Waals surface area contributed by atoms with E-state index in [1.54, 1.807) is 30.6 Å². The van der Waals surface area contributed by atoms with Crippen LogP contribution in [-0.4, -0.2) is 25.5 Å². The number of hydrogen-bond donors (Lipinski definition) is 2. The summed E-state index contributed by atoms with van der Waals surface area (Å²) in [6.07, 6.45) is 3.71. The average molecular weight is 465 g/mol. The summed E-state index contributed by atoms with van der Waals surface area (Å²) in [5.41, 5.74) is 4.96. The molecule has 2 aromatic carbocycles. The van der Waals surface area contributed by atoms with Crippen molar-refractivity contribution in [3.63, 3.8) is 0 Å². The number of nitrogens with two attached hydrogens (primary N) is 1. The molecule has 0 atom stereocenters. The van der Waals surface area contributed by atoms with Gasteiger partial charge in [0.25, 0.3) is 0 Å². The molecule has 0 fully saturated rings. The number of sulfonamides is 1. The van der Waals surface area contributed by atoms with E-state index in [0.29, 0.717) is 11.6 Å². The van der Waals surface area contributed by atoms with Crippen LogP contribution in [0.4, 0.5) is 11.6 Å². The molecular formula is C23H20N4O3S2. The number of primary sulfonamides is 1. The van der Waals surface area contributed by atoms with Crippen LogP contribution >= 0.6 is 11.3 Å². The lowest BCUT2D eigenvalue weighted by Crippen LogP contribution is -2.12. The lowest BCUT2D eigenvalue weighted by molar-refractivity contribution is 0.415. The molecule has 0 amide bonds. The summed E-state index contributed by atoms with van der Waals surface area (Å²) in [6.45, 7) is 0. The van der Waals surface area contributed by atoms with Gasteiger partial charge < -0.3 is 10.1 Å². The number of aryl methyl sites for hydroxylation is 2. The Balaban J connectivity index is 1.46. The first kappa shape index (κ1) is 20.6. The summed E-state index contributed by atoms with van der Waals surface area (Å²) in [5.74, 6) is 1.28. The molecule has 0 saturated heterocycles. The van der Waals surface area contributed by atoms with E-state index >= 15 is 0 Å². The van der Waals surface area contributed by atoms with Crippen LogP contribution in [0, 0.1) is 0 Å². The quantitative estimate of drug-likeness (QED) is 0.454. The molecule has 0 radical (unpaired) electrons. The van der Waals surface area contributed by atoms with Gasteiger partial charge in [-0.25, -0.2) is 23.5 Å². The van der Waals surface area contributed by atoms with Crippen LogP contribution in [0.15, 0.2) is 65.7 Å². The molecule has 0 unspecified atom stereocenters. The van der Waals surface area contributed by atoms with Gasteiger partial charge in [0.2, 0.25) is 16.0 Å². The molecule has 1 aliphatic rings. The van der Waals surface area contributed by atoms with Crippen molar-refractivity contribution >= 4 is 33.0 Å². The summed E-state index contributed by atoms with van der Waals surface area (Å²) in [5, 5.41) is 8.31. The number of ether oxygens (including phenoxy) is 1. The lowest BCUT2D eigenvalue weighted by atomic mass is 9.96. The first-order valence-electron chi connectivity index (χ1n) is 9.94. The van der Waals surface area contributed by atoms with Crippen LogP contribution in [0.5, 0.6) is 5.75 Å². The van der Waals surface area contributed by atoms with Gasteiger partial charge in [-0.15, -0.1) is 11.3 Å². The van der Waals surface area contributed by atoms with Crippen molar-refractivity contribution < 1.29 is 13.2 Å². The fourth-order valence-electron chi connectivity index (χ4n) is 3.72. The smallest absolute Gasteiger partial charge is 0.238 e. The fraction of sp³-hybridized carbons (Fsp3) is 0.130. The zero-order chi connectivity index (χ0) is 22.3. The van der Waals surface area contributed by atoms with Crippen molar-refractivity contribution in [1.82, 2.24) is 9.97 Å². The van der Waals surface area contributed by atoms with E-state index in [1.165, 1.54) is 21.9 Å². The first-order valence-corrected chi connectivity index (χ1v) is 12.3. The Kier molecular flexibility index (Phi) is 5.16. The molecule has 4 aromatic rings. The molecule has 3 N–H and O–H groups in total. The van der Waals surface area contributed by atoms with Gasteiger partial charge in [-0.2, -0.15) is 0 Å². The zero-order valence-electron chi connectivity index (χ0n) is 17.2. The van der Waals surface area contributed by atoms with Crippen LogP contribution < -0.4 is 15.2 Å². The number of thiophene rings is 1. The molecule has 5 rings (SSSR count). The van der Waals surface area contributed by atoms with Gasteiger partial charge in [0.15, 0.2) is 0 Å². The van der Waals surface area contributed by atoms with Crippen LogP contribution in [0.1, 0.15) is 10.4 Å². The van der Waals surface area contributed by atoms with E-state index in [0.717, 1.165) is 41.0 Å². The Labute approximate surface area is 190 Å². The summed E-state index contributed by atoms with van der Waals surface area (Å²) in [6, 6.07) is 16.4. The largest absolute Gasteiger partial charge is 0.497 e. The number of nitrogens with zero attached hydrogens (tertiary/aromatic N) is 2. The molecule has 0 aliphatic heterocycles. The summed E-state index contributed by atoms with van der Waals surface area (Å²) < 4.78 is 28.3. The highest BCUT2D eigenvalue weighted by atomic mass is 32.2. The van der Waals surface area contributed by atoms with E-state index < -0.39 is 10.0 Å². The Morgan fingerprint density at radius 3 is 2.66 bits per heavy atom. The highest BCUT2D eigenvalue weighted by Gasteiger charge is 2.22. The minimum absolute atomic E-state index is 0.0578. The second kappa shape index (κ2) is 8.01. The van der Waals surface area contributed by atoms with E-state index in [-0.39, 0.29) is 4.90 Å². The van der Waals surface area contributed by atoms with E-state index in [1.807, 2.05) is 24.4 Å². The van der Waals surface area contributed by atoms with Gasteiger partial charge in [0.1, 0.15) is 5.75 Å². The van der Waals surface area contributed by atoms with Gasteiger partial charge in [0.05, 0.1) is 17.7 Å². The monoisotopic (exact) mass is 464 g/mol. The molecule has 1 aliphatic carbocycles. The highest BCUT2D eigenvalue weighted by molar-refractivity contribution is 7.89. The minimum atomic E-state index is -3.73. The number of benzene rings is 2. The molecule has 7 nitrogen and oxygen atoms in total. The lowest BCUT2D eigenvalue weighted by Gasteiger charge is -2.16. The average Bonchev–Trinajstić information content (AvgIpc) is 3.24. The number of methoxy groups -OCH3 is 1. The Bertz CT molecular complexity index is 1410. The van der Waals surface area contributed by atoms with Crippen LogP contribution in [0.3, 0.4) is 0 Å². The molecule has 0 spiro atoms. The maximum Gasteiger partial charge on any atom is 0.238 e. The van der Waals surface area contributed by atoms with E-state index in [9.17, 15) is 8.42 Å². The summed E-state index contributed by atoms with van der Waals surface area (Å²) in [7, 11) is -2.06. The summed E-state index contributed by atoms with van der Waals surface area (Å²) in [4.78, 5) is 11.8. The minimum Gasteiger partial charge on any atom is -0.497 e. The first-order chi connectivity index (χ1) is 15.4. The van der Waals surface area contributed by atoms with Crippen molar-refractivity contribution in [1.29, 1.82) is 0 Å². The maximum absolute atomic E-state index is 11.4. The van der Waals surface area contributed by atoms with Crippen LogP contribution in [0.2, 0.25) is 0 Å². The Morgan fingerprint density at radius 2 is 1.91 bits per heavy atom. The maximum atomic E-state index is 11.4. The van der Waals surface area contributed by atoms with E-state index in [4.69, 9.17) is 14.9 Å². The second-order valence-electron chi connectivity index (χ2n) is 7.44. The van der Waals surface area contributed by atoms with Gasteiger partial charge in [0, 0.05) is 27.2 Å². The molecule has 0 bridgehead atoms. The third-order valence-corrected chi connectivity index (χ3v) is 7.52. The number of aromatic nitrogens is 2. The van der Waals surface area contributed by atoms with Crippen molar-refractivity contribution in [3.8, 4) is 27.4 Å².